The summed E-state index contributed by atoms with van der Waals surface area (Å²) in [5.41, 5.74) is 1.59. The minimum Gasteiger partial charge on any atom is -0.481 e. The van der Waals surface area contributed by atoms with Crippen LogP contribution in [0.5, 0.6) is 0 Å². The summed E-state index contributed by atoms with van der Waals surface area (Å²) in [6.07, 6.45) is 2.40. The molecule has 0 saturated carbocycles. The van der Waals surface area contributed by atoms with Crippen LogP contribution in [0.25, 0.3) is 0 Å². The molecule has 5 nitrogen and oxygen atoms in total. The van der Waals surface area contributed by atoms with Gasteiger partial charge in [-0.05, 0) is 37.4 Å². The number of hydrogen-bond acceptors (Lipinski definition) is 3. The second-order valence-corrected chi connectivity index (χ2v) is 5.08. The van der Waals surface area contributed by atoms with Crippen molar-refractivity contribution >= 4 is 17.6 Å². The highest BCUT2D eigenvalue weighted by Gasteiger charge is 2.21. The summed E-state index contributed by atoms with van der Waals surface area (Å²) in [6.45, 7) is 1.68. The molecule has 1 aliphatic rings. The van der Waals surface area contributed by atoms with Crippen LogP contribution in [0.3, 0.4) is 0 Å². The molecule has 1 amide bonds. The number of anilines is 1. The highest BCUT2D eigenvalue weighted by Crippen LogP contribution is 2.19. The molecule has 2 rings (SSSR count). The summed E-state index contributed by atoms with van der Waals surface area (Å²) in [5.74, 6) is -0.820. The van der Waals surface area contributed by atoms with E-state index in [1.54, 1.807) is 0 Å². The van der Waals surface area contributed by atoms with Crippen molar-refractivity contribution in [3.63, 3.8) is 0 Å². The molecular formula is C15H20N2O3. The zero-order valence-electron chi connectivity index (χ0n) is 11.4. The van der Waals surface area contributed by atoms with E-state index in [1.165, 1.54) is 0 Å². The van der Waals surface area contributed by atoms with Gasteiger partial charge in [0, 0.05) is 18.7 Å². The first kappa shape index (κ1) is 14.5. The van der Waals surface area contributed by atoms with Crippen molar-refractivity contribution in [1.29, 1.82) is 0 Å². The predicted molar refractivity (Wildman–Crippen MR) is 76.6 cm³/mol. The number of para-hydroxylation sites is 1. The number of aryl methyl sites for hydroxylation is 1. The van der Waals surface area contributed by atoms with Gasteiger partial charge >= 0.3 is 5.97 Å². The molecule has 1 aromatic carbocycles. The van der Waals surface area contributed by atoms with E-state index in [0.29, 0.717) is 13.0 Å². The standard InChI is InChI=1S/C15H20N2O3/c18-14(19)8-7-11-4-1-2-6-13(11)17-15(20)12-5-3-9-16-10-12/h1-2,4,6,12,16H,3,5,7-10H2,(H,17,20)(H,18,19)/t12-/m1/s1. The molecule has 0 aromatic heterocycles. The van der Waals surface area contributed by atoms with Crippen molar-refractivity contribution in [3.8, 4) is 0 Å². The third-order valence-corrected chi connectivity index (χ3v) is 3.55. The van der Waals surface area contributed by atoms with Crippen molar-refractivity contribution in [2.75, 3.05) is 18.4 Å². The Morgan fingerprint density at radius 2 is 2.15 bits per heavy atom. The van der Waals surface area contributed by atoms with Gasteiger partial charge in [0.25, 0.3) is 0 Å². The first-order valence-corrected chi connectivity index (χ1v) is 6.98. The predicted octanol–water partition coefficient (Wildman–Crippen LogP) is 1.64. The number of carbonyl (C=O) groups is 2. The number of hydrogen-bond donors (Lipinski definition) is 3. The van der Waals surface area contributed by atoms with E-state index in [1.807, 2.05) is 24.3 Å². The van der Waals surface area contributed by atoms with E-state index in [4.69, 9.17) is 5.11 Å². The molecule has 0 spiro atoms. The Kier molecular flexibility index (Phi) is 5.12. The monoisotopic (exact) mass is 276 g/mol. The summed E-state index contributed by atoms with van der Waals surface area (Å²) in [5, 5.41) is 14.9. The quantitative estimate of drug-likeness (QED) is 0.764. The summed E-state index contributed by atoms with van der Waals surface area (Å²) in [6, 6.07) is 7.39. The number of carboxylic acid groups (broad SMARTS) is 1. The number of piperidine rings is 1. The van der Waals surface area contributed by atoms with Crippen molar-refractivity contribution < 1.29 is 14.7 Å². The Balaban J connectivity index is 2.00. The molecule has 0 unspecified atom stereocenters. The van der Waals surface area contributed by atoms with Gasteiger partial charge in [-0.25, -0.2) is 0 Å². The van der Waals surface area contributed by atoms with Gasteiger partial charge in [0.05, 0.1) is 5.92 Å². The van der Waals surface area contributed by atoms with Crippen molar-refractivity contribution in [1.82, 2.24) is 5.32 Å². The van der Waals surface area contributed by atoms with Crippen LogP contribution < -0.4 is 10.6 Å². The maximum absolute atomic E-state index is 12.2. The largest absolute Gasteiger partial charge is 0.481 e. The fourth-order valence-corrected chi connectivity index (χ4v) is 2.41. The number of rotatable bonds is 5. The van der Waals surface area contributed by atoms with Gasteiger partial charge in [0.2, 0.25) is 5.91 Å². The van der Waals surface area contributed by atoms with Crippen molar-refractivity contribution in [3.05, 3.63) is 29.8 Å². The van der Waals surface area contributed by atoms with E-state index in [0.717, 1.165) is 30.6 Å². The van der Waals surface area contributed by atoms with Gasteiger partial charge in [0.1, 0.15) is 0 Å². The minimum absolute atomic E-state index is 0.00344. The Labute approximate surface area is 118 Å². The molecule has 5 heteroatoms. The SMILES string of the molecule is O=C(O)CCc1ccccc1NC(=O)[C@@H]1CCCNC1. The lowest BCUT2D eigenvalue weighted by Gasteiger charge is -2.22. The number of carboxylic acids is 1. The van der Waals surface area contributed by atoms with Crippen molar-refractivity contribution in [2.45, 2.75) is 25.7 Å². The molecule has 3 N–H and O–H groups in total. The van der Waals surface area contributed by atoms with Crippen LogP contribution in [0.2, 0.25) is 0 Å². The van der Waals surface area contributed by atoms with Crippen LogP contribution >= 0.6 is 0 Å². The van der Waals surface area contributed by atoms with E-state index in [9.17, 15) is 9.59 Å². The summed E-state index contributed by atoms with van der Waals surface area (Å²) >= 11 is 0. The molecule has 1 aliphatic heterocycles. The molecular weight excluding hydrogens is 256 g/mol. The van der Waals surface area contributed by atoms with Crippen LogP contribution in [-0.4, -0.2) is 30.1 Å². The highest BCUT2D eigenvalue weighted by atomic mass is 16.4. The van der Waals surface area contributed by atoms with Gasteiger partial charge in [-0.1, -0.05) is 18.2 Å². The summed E-state index contributed by atoms with van der Waals surface area (Å²) in [4.78, 5) is 22.8. The van der Waals surface area contributed by atoms with Crippen LogP contribution in [0, 0.1) is 5.92 Å². The van der Waals surface area contributed by atoms with E-state index in [-0.39, 0.29) is 18.2 Å². The van der Waals surface area contributed by atoms with Crippen molar-refractivity contribution in [2.24, 2.45) is 5.92 Å². The number of nitrogens with one attached hydrogen (secondary N) is 2. The van der Waals surface area contributed by atoms with Gasteiger partial charge in [0.15, 0.2) is 0 Å². The summed E-state index contributed by atoms with van der Waals surface area (Å²) < 4.78 is 0. The third kappa shape index (κ3) is 4.06. The lowest BCUT2D eigenvalue weighted by molar-refractivity contribution is -0.137. The maximum Gasteiger partial charge on any atom is 0.303 e. The first-order chi connectivity index (χ1) is 9.66. The molecule has 108 valence electrons. The molecule has 1 fully saturated rings. The normalized spacial score (nSPS) is 18.5. The van der Waals surface area contributed by atoms with E-state index in [2.05, 4.69) is 10.6 Å². The molecule has 20 heavy (non-hydrogen) atoms. The first-order valence-electron chi connectivity index (χ1n) is 6.98. The van der Waals surface area contributed by atoms with E-state index >= 15 is 0 Å². The number of benzene rings is 1. The topological polar surface area (TPSA) is 78.4 Å². The number of carbonyl (C=O) groups excluding carboxylic acids is 1. The Hall–Kier alpha value is -1.88. The Morgan fingerprint density at radius 3 is 2.85 bits per heavy atom. The van der Waals surface area contributed by atoms with Crippen LogP contribution in [-0.2, 0) is 16.0 Å². The molecule has 0 radical (unpaired) electrons. The zero-order valence-corrected chi connectivity index (χ0v) is 11.4. The smallest absolute Gasteiger partial charge is 0.303 e. The molecule has 1 aromatic rings. The lowest BCUT2D eigenvalue weighted by atomic mass is 9.98. The molecule has 0 bridgehead atoms. The molecule has 0 aliphatic carbocycles. The van der Waals surface area contributed by atoms with Crippen LogP contribution in [0.15, 0.2) is 24.3 Å². The van der Waals surface area contributed by atoms with Gasteiger partial charge in [-0.2, -0.15) is 0 Å². The second-order valence-electron chi connectivity index (χ2n) is 5.08. The number of amides is 1. The zero-order chi connectivity index (χ0) is 14.4. The van der Waals surface area contributed by atoms with Crippen LogP contribution in [0.1, 0.15) is 24.8 Å². The summed E-state index contributed by atoms with van der Waals surface area (Å²) in [7, 11) is 0. The fraction of sp³-hybridized carbons (Fsp3) is 0.467. The lowest BCUT2D eigenvalue weighted by Crippen LogP contribution is -2.37. The average Bonchev–Trinajstić information content (AvgIpc) is 2.47. The molecule has 1 heterocycles. The highest BCUT2D eigenvalue weighted by molar-refractivity contribution is 5.93. The van der Waals surface area contributed by atoms with Gasteiger partial charge < -0.3 is 15.7 Å². The maximum atomic E-state index is 12.2. The Bertz CT molecular complexity index is 482. The third-order valence-electron chi connectivity index (χ3n) is 3.55. The van der Waals surface area contributed by atoms with Gasteiger partial charge in [-0.15, -0.1) is 0 Å². The Morgan fingerprint density at radius 1 is 1.35 bits per heavy atom. The molecule has 1 atom stereocenters. The minimum atomic E-state index is -0.831. The van der Waals surface area contributed by atoms with Crippen LogP contribution in [0.4, 0.5) is 5.69 Å². The van der Waals surface area contributed by atoms with Gasteiger partial charge in [-0.3, -0.25) is 9.59 Å². The molecule has 1 saturated heterocycles. The average molecular weight is 276 g/mol. The second kappa shape index (κ2) is 7.05. The van der Waals surface area contributed by atoms with E-state index < -0.39 is 5.97 Å². The number of aliphatic carboxylic acids is 1. The fourth-order valence-electron chi connectivity index (χ4n) is 2.41.